The van der Waals surface area contributed by atoms with Crippen molar-refractivity contribution in [2.24, 2.45) is 5.14 Å². The fourth-order valence-electron chi connectivity index (χ4n) is 2.84. The van der Waals surface area contributed by atoms with E-state index in [4.69, 9.17) is 14.6 Å². The van der Waals surface area contributed by atoms with E-state index in [0.717, 1.165) is 0 Å². The Balaban J connectivity index is 1.49. The van der Waals surface area contributed by atoms with Gasteiger partial charge in [-0.1, -0.05) is 12.1 Å². The fraction of sp³-hybridized carbons (Fsp3) is 0.316. The van der Waals surface area contributed by atoms with Crippen molar-refractivity contribution in [2.45, 2.75) is 16.3 Å². The summed E-state index contributed by atoms with van der Waals surface area (Å²) in [5, 5.41) is 7.69. The van der Waals surface area contributed by atoms with Crippen molar-refractivity contribution in [1.29, 1.82) is 0 Å². The van der Waals surface area contributed by atoms with Crippen molar-refractivity contribution in [1.82, 2.24) is 9.62 Å². The predicted octanol–water partition coefficient (Wildman–Crippen LogP) is 0.0501. The van der Waals surface area contributed by atoms with Crippen LogP contribution in [-0.2, 0) is 36.1 Å². The fourth-order valence-corrected chi connectivity index (χ4v) is 4.76. The maximum absolute atomic E-state index is 12.6. The molecular formula is C19H23N3O7S2. The maximum atomic E-state index is 12.6. The number of rotatable bonds is 8. The molecule has 0 aliphatic carbocycles. The summed E-state index contributed by atoms with van der Waals surface area (Å²) in [4.78, 5) is 12.1. The molecule has 0 radical (unpaired) electrons. The molecule has 12 heteroatoms. The van der Waals surface area contributed by atoms with Crippen LogP contribution in [0.2, 0.25) is 0 Å². The van der Waals surface area contributed by atoms with E-state index in [1.54, 1.807) is 12.1 Å². The largest absolute Gasteiger partial charge is 0.484 e. The SMILES string of the molecule is NS(=O)(=O)c1ccc(CNC(=O)COc2ccc(S(=O)(=O)N3CCOCC3)cc2)cc1. The third kappa shape index (κ3) is 6.24. The highest BCUT2D eigenvalue weighted by molar-refractivity contribution is 7.89. The molecule has 168 valence electrons. The second-order valence-electron chi connectivity index (χ2n) is 6.74. The molecule has 0 spiro atoms. The van der Waals surface area contributed by atoms with Gasteiger partial charge < -0.3 is 14.8 Å². The number of hydrogen-bond acceptors (Lipinski definition) is 7. The number of hydrogen-bond donors (Lipinski definition) is 2. The van der Waals surface area contributed by atoms with Gasteiger partial charge in [0.25, 0.3) is 5.91 Å². The first-order valence-corrected chi connectivity index (χ1v) is 12.3. The molecular weight excluding hydrogens is 446 g/mol. The standard InChI is InChI=1S/C19H23N3O7S2/c20-30(24,25)17-5-1-15(2-6-17)13-21-19(23)14-29-16-3-7-18(8-4-16)31(26,27)22-9-11-28-12-10-22/h1-8H,9-14H2,(H,21,23)(H2,20,24,25). The summed E-state index contributed by atoms with van der Waals surface area (Å²) in [6, 6.07) is 11.7. The smallest absolute Gasteiger partial charge is 0.258 e. The van der Waals surface area contributed by atoms with Crippen molar-refractivity contribution < 1.29 is 31.1 Å². The summed E-state index contributed by atoms with van der Waals surface area (Å²) in [6.45, 7) is 1.28. The molecule has 1 heterocycles. The zero-order chi connectivity index (χ0) is 22.5. The first-order chi connectivity index (χ1) is 14.7. The van der Waals surface area contributed by atoms with E-state index in [9.17, 15) is 21.6 Å². The highest BCUT2D eigenvalue weighted by Gasteiger charge is 2.26. The van der Waals surface area contributed by atoms with Gasteiger partial charge in [0.1, 0.15) is 5.75 Å². The minimum Gasteiger partial charge on any atom is -0.484 e. The molecule has 3 rings (SSSR count). The molecule has 10 nitrogen and oxygen atoms in total. The third-order valence-electron chi connectivity index (χ3n) is 4.54. The number of nitrogens with two attached hydrogens (primary N) is 1. The van der Waals surface area contributed by atoms with Gasteiger partial charge in [-0.05, 0) is 42.0 Å². The number of amides is 1. The molecule has 2 aromatic carbocycles. The summed E-state index contributed by atoms with van der Waals surface area (Å²) < 4.78 is 59.6. The molecule has 1 aliphatic rings. The van der Waals surface area contributed by atoms with Crippen molar-refractivity contribution >= 4 is 26.0 Å². The number of sulfonamides is 2. The van der Waals surface area contributed by atoms with Crippen LogP contribution in [0.15, 0.2) is 58.3 Å². The van der Waals surface area contributed by atoms with Gasteiger partial charge in [0.2, 0.25) is 20.0 Å². The first kappa shape index (κ1) is 23.2. The minimum absolute atomic E-state index is 0.00927. The number of carbonyl (C=O) groups excluding carboxylic acids is 1. The molecule has 1 amide bonds. The van der Waals surface area contributed by atoms with Crippen molar-refractivity contribution in [3.05, 3.63) is 54.1 Å². The first-order valence-electron chi connectivity index (χ1n) is 9.35. The molecule has 31 heavy (non-hydrogen) atoms. The second kappa shape index (κ2) is 9.75. The van der Waals surface area contributed by atoms with E-state index >= 15 is 0 Å². The second-order valence-corrected chi connectivity index (χ2v) is 10.2. The number of benzene rings is 2. The lowest BCUT2D eigenvalue weighted by Crippen LogP contribution is -2.40. The molecule has 2 aromatic rings. The van der Waals surface area contributed by atoms with E-state index in [1.165, 1.54) is 40.7 Å². The van der Waals surface area contributed by atoms with Gasteiger partial charge in [-0.25, -0.2) is 22.0 Å². The van der Waals surface area contributed by atoms with E-state index in [0.29, 0.717) is 37.6 Å². The molecule has 1 saturated heterocycles. The van der Waals surface area contributed by atoms with Crippen LogP contribution in [0, 0.1) is 0 Å². The molecule has 0 saturated carbocycles. The Morgan fingerprint density at radius 1 is 0.968 bits per heavy atom. The topological polar surface area (TPSA) is 145 Å². The average molecular weight is 470 g/mol. The quantitative estimate of drug-likeness (QED) is 0.556. The highest BCUT2D eigenvalue weighted by atomic mass is 32.2. The number of nitrogens with zero attached hydrogens (tertiary/aromatic N) is 1. The van der Waals surface area contributed by atoms with Crippen LogP contribution in [0.4, 0.5) is 0 Å². The molecule has 3 N–H and O–H groups in total. The van der Waals surface area contributed by atoms with E-state index in [-0.39, 0.29) is 28.8 Å². The number of nitrogens with one attached hydrogen (secondary N) is 1. The summed E-state index contributed by atoms with van der Waals surface area (Å²) in [7, 11) is -7.35. The number of ether oxygens (including phenoxy) is 2. The predicted molar refractivity (Wildman–Crippen MR) is 111 cm³/mol. The van der Waals surface area contributed by atoms with E-state index in [1.807, 2.05) is 0 Å². The Morgan fingerprint density at radius 2 is 1.55 bits per heavy atom. The van der Waals surface area contributed by atoms with Gasteiger partial charge in [-0.2, -0.15) is 4.31 Å². The molecule has 0 bridgehead atoms. The molecule has 1 aliphatic heterocycles. The maximum Gasteiger partial charge on any atom is 0.258 e. The summed E-state index contributed by atoms with van der Waals surface area (Å²) >= 11 is 0. The van der Waals surface area contributed by atoms with Crippen LogP contribution < -0.4 is 15.2 Å². The van der Waals surface area contributed by atoms with E-state index < -0.39 is 20.0 Å². The van der Waals surface area contributed by atoms with Crippen LogP contribution in [0.3, 0.4) is 0 Å². The van der Waals surface area contributed by atoms with Crippen molar-refractivity contribution in [3.8, 4) is 5.75 Å². The number of morpholine rings is 1. The summed E-state index contributed by atoms with van der Waals surface area (Å²) in [6.07, 6.45) is 0. The average Bonchev–Trinajstić information content (AvgIpc) is 2.77. The summed E-state index contributed by atoms with van der Waals surface area (Å²) in [5.41, 5.74) is 0.693. The Hall–Kier alpha value is -2.51. The Morgan fingerprint density at radius 3 is 2.13 bits per heavy atom. The van der Waals surface area contributed by atoms with Crippen LogP contribution in [0.5, 0.6) is 5.75 Å². The van der Waals surface area contributed by atoms with Gasteiger partial charge in [-0.15, -0.1) is 0 Å². The van der Waals surface area contributed by atoms with Crippen LogP contribution in [-0.4, -0.2) is 60.0 Å². The Bertz CT molecular complexity index is 1110. The van der Waals surface area contributed by atoms with Gasteiger partial charge in [0.15, 0.2) is 6.61 Å². The minimum atomic E-state index is -3.76. The van der Waals surface area contributed by atoms with Crippen LogP contribution in [0.25, 0.3) is 0 Å². The lowest BCUT2D eigenvalue weighted by Gasteiger charge is -2.26. The zero-order valence-corrected chi connectivity index (χ0v) is 18.2. The highest BCUT2D eigenvalue weighted by Crippen LogP contribution is 2.20. The van der Waals surface area contributed by atoms with Gasteiger partial charge in [0.05, 0.1) is 23.0 Å². The van der Waals surface area contributed by atoms with Gasteiger partial charge in [0, 0.05) is 19.6 Å². The Labute approximate surface area is 181 Å². The Kier molecular flexibility index (Phi) is 7.28. The molecule has 0 unspecified atom stereocenters. The lowest BCUT2D eigenvalue weighted by atomic mass is 10.2. The normalized spacial score (nSPS) is 15.4. The zero-order valence-electron chi connectivity index (χ0n) is 16.6. The molecule has 1 fully saturated rings. The van der Waals surface area contributed by atoms with Crippen molar-refractivity contribution in [3.63, 3.8) is 0 Å². The van der Waals surface area contributed by atoms with Crippen LogP contribution in [0.1, 0.15) is 5.56 Å². The lowest BCUT2D eigenvalue weighted by molar-refractivity contribution is -0.123. The molecule has 0 aromatic heterocycles. The third-order valence-corrected chi connectivity index (χ3v) is 7.39. The van der Waals surface area contributed by atoms with Crippen LogP contribution >= 0.6 is 0 Å². The monoisotopic (exact) mass is 469 g/mol. The molecule has 0 atom stereocenters. The summed E-state index contributed by atoms with van der Waals surface area (Å²) in [5.74, 6) is -0.0332. The van der Waals surface area contributed by atoms with E-state index in [2.05, 4.69) is 5.32 Å². The number of primary sulfonamides is 1. The van der Waals surface area contributed by atoms with Gasteiger partial charge >= 0.3 is 0 Å². The van der Waals surface area contributed by atoms with Crippen molar-refractivity contribution in [2.75, 3.05) is 32.9 Å². The number of carbonyl (C=O) groups is 1. The van der Waals surface area contributed by atoms with Gasteiger partial charge in [-0.3, -0.25) is 4.79 Å².